The monoisotopic (exact) mass is 385 g/mol. The summed E-state index contributed by atoms with van der Waals surface area (Å²) >= 11 is 0. The Labute approximate surface area is 163 Å². The number of hydrogen-bond acceptors (Lipinski definition) is 7. The van der Waals surface area contributed by atoms with Gasteiger partial charge in [-0.15, -0.1) is 0 Å². The Balaban J connectivity index is 1.64. The Morgan fingerprint density at radius 3 is 2.64 bits per heavy atom. The lowest BCUT2D eigenvalue weighted by Crippen LogP contribution is -2.49. The topological polar surface area (TPSA) is 96.9 Å². The highest BCUT2D eigenvalue weighted by molar-refractivity contribution is 6.03. The first-order valence-electron chi connectivity index (χ1n) is 9.04. The maximum absolute atomic E-state index is 12.5. The van der Waals surface area contributed by atoms with Crippen LogP contribution < -0.4 is 15.0 Å². The number of piperazine rings is 1. The van der Waals surface area contributed by atoms with Crippen molar-refractivity contribution in [3.05, 3.63) is 42.4 Å². The molecule has 0 bridgehead atoms. The number of anilines is 2. The number of ether oxygens (including phenoxy) is 2. The molecule has 0 spiro atoms. The molecule has 1 aliphatic heterocycles. The van der Waals surface area contributed by atoms with Crippen LogP contribution in [0.1, 0.15) is 17.4 Å². The molecular weight excluding hydrogens is 362 g/mol. The van der Waals surface area contributed by atoms with Gasteiger partial charge in [-0.2, -0.15) is 0 Å². The predicted octanol–water partition coefficient (Wildman–Crippen LogP) is 2.02. The van der Waals surface area contributed by atoms with Crippen molar-refractivity contribution >= 4 is 23.5 Å². The van der Waals surface area contributed by atoms with Gasteiger partial charge in [0.1, 0.15) is 23.6 Å². The van der Waals surface area contributed by atoms with Crippen LogP contribution in [-0.2, 0) is 4.74 Å². The van der Waals surface area contributed by atoms with Gasteiger partial charge in [0.25, 0.3) is 5.91 Å². The molecular formula is C19H23N5O4. The molecule has 1 N–H and O–H groups in total. The molecule has 2 amide bonds. The maximum Gasteiger partial charge on any atom is 0.409 e. The molecule has 1 aromatic carbocycles. The average molecular weight is 385 g/mol. The molecule has 1 aromatic heterocycles. The second kappa shape index (κ2) is 9.03. The lowest BCUT2D eigenvalue weighted by molar-refractivity contribution is 0.102. The first-order chi connectivity index (χ1) is 13.6. The van der Waals surface area contributed by atoms with Crippen LogP contribution in [0.2, 0.25) is 0 Å². The third kappa shape index (κ3) is 4.67. The van der Waals surface area contributed by atoms with Crippen LogP contribution in [0.25, 0.3) is 0 Å². The SMILES string of the molecule is CCOC(=O)N1CCN(c2cc(C(=O)Nc3cccc(OC)c3)ncn2)CC1. The minimum absolute atomic E-state index is 0.264. The van der Waals surface area contributed by atoms with E-state index in [4.69, 9.17) is 9.47 Å². The van der Waals surface area contributed by atoms with Gasteiger partial charge < -0.3 is 24.6 Å². The van der Waals surface area contributed by atoms with E-state index in [0.29, 0.717) is 50.0 Å². The Morgan fingerprint density at radius 1 is 1.14 bits per heavy atom. The van der Waals surface area contributed by atoms with Gasteiger partial charge in [0.2, 0.25) is 0 Å². The number of aromatic nitrogens is 2. The van der Waals surface area contributed by atoms with E-state index in [1.165, 1.54) is 6.33 Å². The molecule has 3 rings (SSSR count). The smallest absolute Gasteiger partial charge is 0.409 e. The second-order valence-electron chi connectivity index (χ2n) is 6.12. The fourth-order valence-electron chi connectivity index (χ4n) is 2.87. The van der Waals surface area contributed by atoms with Crippen molar-refractivity contribution in [2.75, 3.05) is 50.1 Å². The van der Waals surface area contributed by atoms with E-state index in [-0.39, 0.29) is 17.7 Å². The van der Waals surface area contributed by atoms with Gasteiger partial charge in [0.05, 0.1) is 13.7 Å². The van der Waals surface area contributed by atoms with Crippen molar-refractivity contribution in [1.82, 2.24) is 14.9 Å². The third-order valence-corrected chi connectivity index (χ3v) is 4.34. The summed E-state index contributed by atoms with van der Waals surface area (Å²) in [5, 5.41) is 2.80. The lowest BCUT2D eigenvalue weighted by Gasteiger charge is -2.34. The van der Waals surface area contributed by atoms with Crippen molar-refractivity contribution in [3.8, 4) is 5.75 Å². The zero-order chi connectivity index (χ0) is 19.9. The summed E-state index contributed by atoms with van der Waals surface area (Å²) in [7, 11) is 1.57. The molecule has 1 fully saturated rings. The number of carbonyl (C=O) groups is 2. The van der Waals surface area contributed by atoms with Gasteiger partial charge in [0, 0.05) is 44.0 Å². The van der Waals surface area contributed by atoms with Gasteiger partial charge >= 0.3 is 6.09 Å². The molecule has 9 nitrogen and oxygen atoms in total. The van der Waals surface area contributed by atoms with Crippen molar-refractivity contribution in [1.29, 1.82) is 0 Å². The molecule has 1 aliphatic rings. The van der Waals surface area contributed by atoms with Crippen molar-refractivity contribution in [2.45, 2.75) is 6.92 Å². The molecule has 0 unspecified atom stereocenters. The highest BCUT2D eigenvalue weighted by Crippen LogP contribution is 2.19. The van der Waals surface area contributed by atoms with E-state index >= 15 is 0 Å². The van der Waals surface area contributed by atoms with Crippen LogP contribution >= 0.6 is 0 Å². The molecule has 0 saturated carbocycles. The van der Waals surface area contributed by atoms with E-state index in [1.54, 1.807) is 49.3 Å². The molecule has 0 atom stereocenters. The Hall–Kier alpha value is -3.36. The standard InChI is InChI=1S/C19H23N5O4/c1-3-28-19(26)24-9-7-23(8-10-24)17-12-16(20-13-21-17)18(25)22-14-5-4-6-15(11-14)27-2/h4-6,11-13H,3,7-10H2,1-2H3,(H,22,25). The largest absolute Gasteiger partial charge is 0.497 e. The summed E-state index contributed by atoms with van der Waals surface area (Å²) < 4.78 is 10.2. The Bertz CT molecular complexity index is 837. The Kier molecular flexibility index (Phi) is 6.25. The summed E-state index contributed by atoms with van der Waals surface area (Å²) in [5.41, 5.74) is 0.883. The Morgan fingerprint density at radius 2 is 1.93 bits per heavy atom. The van der Waals surface area contributed by atoms with Gasteiger partial charge in [-0.05, 0) is 19.1 Å². The summed E-state index contributed by atoms with van der Waals surface area (Å²) in [6.07, 6.45) is 1.07. The van der Waals surface area contributed by atoms with E-state index in [1.807, 2.05) is 4.90 Å². The van der Waals surface area contributed by atoms with E-state index in [9.17, 15) is 9.59 Å². The molecule has 9 heteroatoms. The first-order valence-corrected chi connectivity index (χ1v) is 9.04. The average Bonchev–Trinajstić information content (AvgIpc) is 2.74. The van der Waals surface area contributed by atoms with Crippen LogP contribution in [0.3, 0.4) is 0 Å². The molecule has 2 heterocycles. The highest BCUT2D eigenvalue weighted by atomic mass is 16.6. The number of methoxy groups -OCH3 is 1. The summed E-state index contributed by atoms with van der Waals surface area (Å²) in [4.78, 5) is 36.4. The molecule has 2 aromatic rings. The van der Waals surface area contributed by atoms with Crippen molar-refractivity contribution in [2.24, 2.45) is 0 Å². The fraction of sp³-hybridized carbons (Fsp3) is 0.368. The number of nitrogens with zero attached hydrogens (tertiary/aromatic N) is 4. The number of benzene rings is 1. The van der Waals surface area contributed by atoms with Gasteiger partial charge in [0.15, 0.2) is 0 Å². The predicted molar refractivity (Wildman–Crippen MR) is 104 cm³/mol. The number of hydrogen-bond donors (Lipinski definition) is 1. The fourth-order valence-corrected chi connectivity index (χ4v) is 2.87. The number of carbonyl (C=O) groups excluding carboxylic acids is 2. The van der Waals surface area contributed by atoms with Crippen LogP contribution in [0, 0.1) is 0 Å². The second-order valence-corrected chi connectivity index (χ2v) is 6.12. The summed E-state index contributed by atoms with van der Waals surface area (Å²) in [5.74, 6) is 0.969. The zero-order valence-corrected chi connectivity index (χ0v) is 15.9. The minimum Gasteiger partial charge on any atom is -0.497 e. The van der Waals surface area contributed by atoms with Crippen molar-refractivity contribution in [3.63, 3.8) is 0 Å². The maximum atomic E-state index is 12.5. The molecule has 0 aliphatic carbocycles. The van der Waals surface area contributed by atoms with E-state index < -0.39 is 0 Å². The normalized spacial score (nSPS) is 13.8. The highest BCUT2D eigenvalue weighted by Gasteiger charge is 2.23. The van der Waals surface area contributed by atoms with Crippen molar-refractivity contribution < 1.29 is 19.1 Å². The number of amides is 2. The minimum atomic E-state index is -0.331. The lowest BCUT2D eigenvalue weighted by atomic mass is 10.2. The number of nitrogens with one attached hydrogen (secondary N) is 1. The summed E-state index contributed by atoms with van der Waals surface area (Å²) in [6, 6.07) is 8.75. The molecule has 28 heavy (non-hydrogen) atoms. The molecule has 0 radical (unpaired) electrons. The van der Waals surface area contributed by atoms with Gasteiger partial charge in [-0.1, -0.05) is 6.07 Å². The van der Waals surface area contributed by atoms with Crippen LogP contribution in [-0.4, -0.2) is 66.8 Å². The van der Waals surface area contributed by atoms with E-state index in [0.717, 1.165) is 0 Å². The van der Waals surface area contributed by atoms with Gasteiger partial charge in [-0.3, -0.25) is 4.79 Å². The summed E-state index contributed by atoms with van der Waals surface area (Å²) in [6.45, 7) is 4.42. The zero-order valence-electron chi connectivity index (χ0n) is 15.9. The molecule has 148 valence electrons. The van der Waals surface area contributed by atoms with E-state index in [2.05, 4.69) is 15.3 Å². The first kappa shape index (κ1) is 19.4. The molecule has 1 saturated heterocycles. The van der Waals surface area contributed by atoms with Crippen LogP contribution in [0.5, 0.6) is 5.75 Å². The van der Waals surface area contributed by atoms with Gasteiger partial charge in [-0.25, -0.2) is 14.8 Å². The van der Waals surface area contributed by atoms with Crippen LogP contribution in [0.15, 0.2) is 36.7 Å². The van der Waals surface area contributed by atoms with Crippen LogP contribution in [0.4, 0.5) is 16.3 Å². The third-order valence-electron chi connectivity index (χ3n) is 4.34. The number of rotatable bonds is 5. The quantitative estimate of drug-likeness (QED) is 0.841.